The summed E-state index contributed by atoms with van der Waals surface area (Å²) in [5.41, 5.74) is 1.52. The van der Waals surface area contributed by atoms with Crippen molar-refractivity contribution in [2.75, 3.05) is 6.54 Å². The molecule has 2 rings (SSSR count). The standard InChI is InChI=1S/C16H15BrClNO2/c1-3-19-16(20)12-6-4-10(2)8-15(12)21-14-7-5-11(18)9-13(14)17/h4-9H,3H2,1-2H3,(H,19,20). The van der Waals surface area contributed by atoms with E-state index in [1.165, 1.54) is 0 Å². The summed E-state index contributed by atoms with van der Waals surface area (Å²) >= 11 is 9.32. The molecule has 0 aromatic heterocycles. The van der Waals surface area contributed by atoms with Crippen LogP contribution in [0.3, 0.4) is 0 Å². The minimum atomic E-state index is -0.155. The van der Waals surface area contributed by atoms with Crippen LogP contribution >= 0.6 is 27.5 Å². The highest BCUT2D eigenvalue weighted by molar-refractivity contribution is 9.10. The Hall–Kier alpha value is -1.52. The number of halogens is 2. The first-order chi connectivity index (χ1) is 10.0. The van der Waals surface area contributed by atoms with E-state index >= 15 is 0 Å². The average molecular weight is 369 g/mol. The lowest BCUT2D eigenvalue weighted by Gasteiger charge is -2.13. The van der Waals surface area contributed by atoms with Crippen LogP contribution in [0.5, 0.6) is 11.5 Å². The van der Waals surface area contributed by atoms with Gasteiger partial charge in [-0.3, -0.25) is 4.79 Å². The molecule has 2 aromatic rings. The molecule has 0 unspecified atom stereocenters. The van der Waals surface area contributed by atoms with Crippen molar-refractivity contribution in [3.63, 3.8) is 0 Å². The minimum absolute atomic E-state index is 0.155. The zero-order valence-electron chi connectivity index (χ0n) is 11.7. The van der Waals surface area contributed by atoms with Crippen LogP contribution in [0.2, 0.25) is 5.02 Å². The van der Waals surface area contributed by atoms with Gasteiger partial charge >= 0.3 is 0 Å². The van der Waals surface area contributed by atoms with E-state index in [0.717, 1.165) is 10.0 Å². The monoisotopic (exact) mass is 367 g/mol. The third kappa shape index (κ3) is 3.99. The zero-order chi connectivity index (χ0) is 15.4. The zero-order valence-corrected chi connectivity index (χ0v) is 14.1. The lowest BCUT2D eigenvalue weighted by atomic mass is 10.1. The highest BCUT2D eigenvalue weighted by Crippen LogP contribution is 2.33. The Morgan fingerprint density at radius 1 is 1.24 bits per heavy atom. The average Bonchev–Trinajstić information content (AvgIpc) is 2.42. The highest BCUT2D eigenvalue weighted by atomic mass is 79.9. The summed E-state index contributed by atoms with van der Waals surface area (Å²) < 4.78 is 6.61. The molecule has 0 aliphatic carbocycles. The molecule has 0 saturated carbocycles. The largest absolute Gasteiger partial charge is 0.455 e. The molecule has 1 N–H and O–H groups in total. The van der Waals surface area contributed by atoms with Crippen molar-refractivity contribution in [1.82, 2.24) is 5.32 Å². The van der Waals surface area contributed by atoms with Gasteiger partial charge in [-0.2, -0.15) is 0 Å². The van der Waals surface area contributed by atoms with Crippen LogP contribution in [0.1, 0.15) is 22.8 Å². The Bertz CT molecular complexity index is 673. The van der Waals surface area contributed by atoms with Crippen LogP contribution in [0, 0.1) is 6.92 Å². The smallest absolute Gasteiger partial charge is 0.255 e. The van der Waals surface area contributed by atoms with Gasteiger partial charge in [-0.15, -0.1) is 0 Å². The third-order valence-electron chi connectivity index (χ3n) is 2.83. The molecule has 5 heteroatoms. The summed E-state index contributed by atoms with van der Waals surface area (Å²) in [5.74, 6) is 0.970. The van der Waals surface area contributed by atoms with Gasteiger partial charge in [0.25, 0.3) is 5.91 Å². The van der Waals surface area contributed by atoms with Crippen molar-refractivity contribution in [2.24, 2.45) is 0 Å². The van der Waals surface area contributed by atoms with Gasteiger partial charge in [0, 0.05) is 11.6 Å². The quantitative estimate of drug-likeness (QED) is 0.829. The van der Waals surface area contributed by atoms with Crippen LogP contribution in [-0.4, -0.2) is 12.5 Å². The maximum absolute atomic E-state index is 12.1. The number of amides is 1. The molecular formula is C16H15BrClNO2. The second kappa shape index (κ2) is 6.96. The van der Waals surface area contributed by atoms with Crippen LogP contribution in [0.15, 0.2) is 40.9 Å². The van der Waals surface area contributed by atoms with Gasteiger partial charge in [-0.1, -0.05) is 17.7 Å². The fourth-order valence-electron chi connectivity index (χ4n) is 1.83. The van der Waals surface area contributed by atoms with E-state index in [0.29, 0.717) is 28.6 Å². The number of nitrogens with one attached hydrogen (secondary N) is 1. The summed E-state index contributed by atoms with van der Waals surface area (Å²) in [5, 5.41) is 3.39. The van der Waals surface area contributed by atoms with Crippen LogP contribution in [0.4, 0.5) is 0 Å². The predicted molar refractivity (Wildman–Crippen MR) is 88.4 cm³/mol. The van der Waals surface area contributed by atoms with E-state index in [4.69, 9.17) is 16.3 Å². The molecule has 0 aliphatic rings. The van der Waals surface area contributed by atoms with Crippen molar-refractivity contribution in [1.29, 1.82) is 0 Å². The number of aryl methyl sites for hydroxylation is 1. The molecule has 21 heavy (non-hydrogen) atoms. The second-order valence-electron chi connectivity index (χ2n) is 4.54. The number of hydrogen-bond donors (Lipinski definition) is 1. The Labute approximate surface area is 137 Å². The Kier molecular flexibility index (Phi) is 5.26. The van der Waals surface area contributed by atoms with Crippen molar-refractivity contribution in [3.05, 3.63) is 57.0 Å². The number of rotatable bonds is 4. The van der Waals surface area contributed by atoms with Crippen LogP contribution in [0.25, 0.3) is 0 Å². The van der Waals surface area contributed by atoms with Crippen molar-refractivity contribution in [3.8, 4) is 11.5 Å². The number of benzene rings is 2. The van der Waals surface area contributed by atoms with E-state index in [1.807, 2.05) is 26.0 Å². The van der Waals surface area contributed by atoms with Crippen LogP contribution < -0.4 is 10.1 Å². The minimum Gasteiger partial charge on any atom is -0.455 e. The van der Waals surface area contributed by atoms with Crippen molar-refractivity contribution >= 4 is 33.4 Å². The highest BCUT2D eigenvalue weighted by Gasteiger charge is 2.14. The molecule has 0 heterocycles. The summed E-state index contributed by atoms with van der Waals surface area (Å²) in [6.07, 6.45) is 0. The number of hydrogen-bond acceptors (Lipinski definition) is 2. The first kappa shape index (κ1) is 15.9. The lowest BCUT2D eigenvalue weighted by Crippen LogP contribution is -2.23. The normalized spacial score (nSPS) is 10.3. The molecule has 0 bridgehead atoms. The van der Waals surface area contributed by atoms with E-state index < -0.39 is 0 Å². The molecule has 0 fully saturated rings. The summed E-state index contributed by atoms with van der Waals surface area (Å²) in [4.78, 5) is 12.1. The summed E-state index contributed by atoms with van der Waals surface area (Å²) in [6.45, 7) is 4.39. The fourth-order valence-corrected chi connectivity index (χ4v) is 2.60. The molecule has 0 atom stereocenters. The molecule has 3 nitrogen and oxygen atoms in total. The molecule has 0 spiro atoms. The van der Waals surface area contributed by atoms with Crippen LogP contribution in [-0.2, 0) is 0 Å². The number of carbonyl (C=O) groups excluding carboxylic acids is 1. The number of ether oxygens (including phenoxy) is 1. The Morgan fingerprint density at radius 2 is 2.00 bits per heavy atom. The van der Waals surface area contributed by atoms with E-state index in [1.54, 1.807) is 24.3 Å². The van der Waals surface area contributed by atoms with Gasteiger partial charge in [-0.25, -0.2) is 0 Å². The van der Waals surface area contributed by atoms with Gasteiger partial charge < -0.3 is 10.1 Å². The number of carbonyl (C=O) groups is 1. The molecule has 0 saturated heterocycles. The summed E-state index contributed by atoms with van der Waals surface area (Å²) in [6, 6.07) is 10.7. The van der Waals surface area contributed by atoms with Gasteiger partial charge in [0.1, 0.15) is 11.5 Å². The molecule has 0 radical (unpaired) electrons. The van der Waals surface area contributed by atoms with Gasteiger partial charge in [-0.05, 0) is 65.7 Å². The molecule has 110 valence electrons. The third-order valence-corrected chi connectivity index (χ3v) is 3.69. The van der Waals surface area contributed by atoms with Crippen molar-refractivity contribution in [2.45, 2.75) is 13.8 Å². The molecule has 1 amide bonds. The maximum Gasteiger partial charge on any atom is 0.255 e. The Balaban J connectivity index is 2.38. The predicted octanol–water partition coefficient (Wildman–Crippen LogP) is 4.95. The summed E-state index contributed by atoms with van der Waals surface area (Å²) in [7, 11) is 0. The Morgan fingerprint density at radius 3 is 2.67 bits per heavy atom. The van der Waals surface area contributed by atoms with Gasteiger partial charge in [0.05, 0.1) is 10.0 Å². The second-order valence-corrected chi connectivity index (χ2v) is 5.83. The SMILES string of the molecule is CCNC(=O)c1ccc(C)cc1Oc1ccc(Cl)cc1Br. The van der Waals surface area contributed by atoms with E-state index in [9.17, 15) is 4.79 Å². The van der Waals surface area contributed by atoms with Gasteiger partial charge in [0.2, 0.25) is 0 Å². The fraction of sp³-hybridized carbons (Fsp3) is 0.188. The van der Waals surface area contributed by atoms with Crippen molar-refractivity contribution < 1.29 is 9.53 Å². The van der Waals surface area contributed by atoms with E-state index in [2.05, 4.69) is 21.2 Å². The molecule has 0 aliphatic heterocycles. The van der Waals surface area contributed by atoms with Gasteiger partial charge in [0.15, 0.2) is 0 Å². The van der Waals surface area contributed by atoms with E-state index in [-0.39, 0.29) is 5.91 Å². The topological polar surface area (TPSA) is 38.3 Å². The lowest BCUT2D eigenvalue weighted by molar-refractivity contribution is 0.0953. The maximum atomic E-state index is 12.1. The first-order valence-electron chi connectivity index (χ1n) is 6.53. The molecular weight excluding hydrogens is 354 g/mol. The molecule has 2 aromatic carbocycles. The first-order valence-corrected chi connectivity index (χ1v) is 7.70.